The minimum atomic E-state index is 0.555. The summed E-state index contributed by atoms with van der Waals surface area (Å²) in [6, 6.07) is 7.61. The molecule has 0 aliphatic heterocycles. The maximum Gasteiger partial charge on any atom is 0.203 e. The van der Waals surface area contributed by atoms with Crippen molar-refractivity contribution in [3.05, 3.63) is 43.0 Å². The molecule has 1 N–H and O–H groups in total. The SMILES string of the molecule is COc1cc(-c2nc[nH]c2-c2ccncc2)cc(OC)c1OC. The molecule has 0 radical (unpaired) electrons. The lowest BCUT2D eigenvalue weighted by Gasteiger charge is -2.14. The number of methoxy groups -OCH3 is 3. The maximum atomic E-state index is 5.41. The molecule has 3 rings (SSSR count). The van der Waals surface area contributed by atoms with E-state index in [1.165, 1.54) is 0 Å². The Morgan fingerprint density at radius 2 is 1.52 bits per heavy atom. The number of aromatic amines is 1. The normalized spacial score (nSPS) is 10.4. The van der Waals surface area contributed by atoms with Gasteiger partial charge in [-0.3, -0.25) is 4.98 Å². The van der Waals surface area contributed by atoms with Gasteiger partial charge in [-0.25, -0.2) is 4.98 Å². The molecule has 0 aliphatic carbocycles. The molecule has 0 unspecified atom stereocenters. The van der Waals surface area contributed by atoms with Crippen molar-refractivity contribution in [1.82, 2.24) is 15.0 Å². The molecular weight excluding hydrogens is 294 g/mol. The van der Waals surface area contributed by atoms with Gasteiger partial charge in [0.1, 0.15) is 0 Å². The van der Waals surface area contributed by atoms with Gasteiger partial charge in [0.2, 0.25) is 5.75 Å². The van der Waals surface area contributed by atoms with Crippen LogP contribution in [0.2, 0.25) is 0 Å². The fraction of sp³-hybridized carbons (Fsp3) is 0.176. The molecule has 2 aromatic heterocycles. The number of aromatic nitrogens is 3. The molecule has 1 aromatic carbocycles. The first-order valence-corrected chi connectivity index (χ1v) is 7.02. The minimum absolute atomic E-state index is 0.555. The third-order valence-corrected chi connectivity index (χ3v) is 3.55. The van der Waals surface area contributed by atoms with Crippen LogP contribution in [0.4, 0.5) is 0 Å². The van der Waals surface area contributed by atoms with Crippen LogP contribution in [0, 0.1) is 0 Å². The maximum absolute atomic E-state index is 5.41. The zero-order chi connectivity index (χ0) is 16.2. The smallest absolute Gasteiger partial charge is 0.203 e. The third-order valence-electron chi connectivity index (χ3n) is 3.55. The highest BCUT2D eigenvalue weighted by Gasteiger charge is 2.17. The second kappa shape index (κ2) is 6.39. The summed E-state index contributed by atoms with van der Waals surface area (Å²) in [7, 11) is 4.77. The van der Waals surface area contributed by atoms with E-state index >= 15 is 0 Å². The first-order chi connectivity index (χ1) is 11.3. The molecule has 3 aromatic rings. The predicted octanol–water partition coefficient (Wildman–Crippen LogP) is 3.16. The number of pyridine rings is 1. The van der Waals surface area contributed by atoms with Crippen LogP contribution in [0.1, 0.15) is 0 Å². The fourth-order valence-electron chi connectivity index (χ4n) is 2.47. The Bertz CT molecular complexity index is 775. The number of hydrogen-bond acceptors (Lipinski definition) is 5. The van der Waals surface area contributed by atoms with Crippen molar-refractivity contribution < 1.29 is 14.2 Å². The van der Waals surface area contributed by atoms with Crippen LogP contribution in [0.5, 0.6) is 17.2 Å². The average molecular weight is 311 g/mol. The van der Waals surface area contributed by atoms with Crippen LogP contribution in [0.25, 0.3) is 22.5 Å². The van der Waals surface area contributed by atoms with Crippen molar-refractivity contribution in [3.8, 4) is 39.8 Å². The van der Waals surface area contributed by atoms with E-state index in [4.69, 9.17) is 14.2 Å². The minimum Gasteiger partial charge on any atom is -0.493 e. The first kappa shape index (κ1) is 14.9. The summed E-state index contributed by atoms with van der Waals surface area (Å²) >= 11 is 0. The summed E-state index contributed by atoms with van der Waals surface area (Å²) in [4.78, 5) is 11.7. The van der Waals surface area contributed by atoms with Crippen molar-refractivity contribution >= 4 is 0 Å². The second-order valence-electron chi connectivity index (χ2n) is 4.78. The summed E-state index contributed by atoms with van der Waals surface area (Å²) < 4.78 is 16.2. The summed E-state index contributed by atoms with van der Waals surface area (Å²) in [5, 5.41) is 0. The Hall–Kier alpha value is -3.02. The number of nitrogens with zero attached hydrogens (tertiary/aromatic N) is 2. The Balaban J connectivity index is 2.15. The molecule has 0 spiro atoms. The Morgan fingerprint density at radius 3 is 2.09 bits per heavy atom. The van der Waals surface area contributed by atoms with Crippen LogP contribution in [0.15, 0.2) is 43.0 Å². The van der Waals surface area contributed by atoms with Gasteiger partial charge in [0.15, 0.2) is 11.5 Å². The van der Waals surface area contributed by atoms with Gasteiger partial charge in [0.05, 0.1) is 39.0 Å². The average Bonchev–Trinajstić information content (AvgIpc) is 3.10. The van der Waals surface area contributed by atoms with Crippen molar-refractivity contribution in [2.45, 2.75) is 0 Å². The van der Waals surface area contributed by atoms with Gasteiger partial charge >= 0.3 is 0 Å². The van der Waals surface area contributed by atoms with Crippen LogP contribution in [-0.4, -0.2) is 36.3 Å². The molecule has 118 valence electrons. The molecule has 0 bridgehead atoms. The fourth-order valence-corrected chi connectivity index (χ4v) is 2.47. The van der Waals surface area contributed by atoms with E-state index in [-0.39, 0.29) is 0 Å². The van der Waals surface area contributed by atoms with Gasteiger partial charge in [-0.05, 0) is 24.3 Å². The Labute approximate surface area is 134 Å². The number of rotatable bonds is 5. The molecule has 23 heavy (non-hydrogen) atoms. The van der Waals surface area contributed by atoms with Crippen molar-refractivity contribution in [1.29, 1.82) is 0 Å². The number of H-pyrrole nitrogens is 1. The molecule has 0 aliphatic rings. The van der Waals surface area contributed by atoms with Crippen LogP contribution in [0.3, 0.4) is 0 Å². The number of hydrogen-bond donors (Lipinski definition) is 1. The van der Waals surface area contributed by atoms with E-state index in [9.17, 15) is 0 Å². The molecule has 6 heteroatoms. The van der Waals surface area contributed by atoms with E-state index in [0.29, 0.717) is 17.2 Å². The lowest BCUT2D eigenvalue weighted by Crippen LogP contribution is -1.96. The predicted molar refractivity (Wildman–Crippen MR) is 86.9 cm³/mol. The Morgan fingerprint density at radius 1 is 0.870 bits per heavy atom. The van der Waals surface area contributed by atoms with Gasteiger partial charge in [-0.2, -0.15) is 0 Å². The van der Waals surface area contributed by atoms with E-state index in [0.717, 1.165) is 22.5 Å². The van der Waals surface area contributed by atoms with E-state index in [1.807, 2.05) is 24.3 Å². The Kier molecular flexibility index (Phi) is 4.14. The lowest BCUT2D eigenvalue weighted by molar-refractivity contribution is 0.324. The zero-order valence-electron chi connectivity index (χ0n) is 13.2. The number of benzene rings is 1. The monoisotopic (exact) mass is 311 g/mol. The number of nitrogens with one attached hydrogen (secondary N) is 1. The van der Waals surface area contributed by atoms with Crippen molar-refractivity contribution in [3.63, 3.8) is 0 Å². The largest absolute Gasteiger partial charge is 0.493 e. The first-order valence-electron chi connectivity index (χ1n) is 7.02. The highest BCUT2D eigenvalue weighted by Crippen LogP contribution is 2.42. The number of ether oxygens (including phenoxy) is 3. The van der Waals surface area contributed by atoms with Gasteiger partial charge < -0.3 is 19.2 Å². The van der Waals surface area contributed by atoms with Gasteiger partial charge in [-0.1, -0.05) is 0 Å². The van der Waals surface area contributed by atoms with Gasteiger partial charge in [0.25, 0.3) is 0 Å². The van der Waals surface area contributed by atoms with Crippen molar-refractivity contribution in [2.75, 3.05) is 21.3 Å². The summed E-state index contributed by atoms with van der Waals surface area (Å²) in [6.07, 6.45) is 5.15. The van der Waals surface area contributed by atoms with Gasteiger partial charge in [-0.15, -0.1) is 0 Å². The van der Waals surface area contributed by atoms with E-state index in [2.05, 4.69) is 15.0 Å². The molecule has 0 saturated heterocycles. The summed E-state index contributed by atoms with van der Waals surface area (Å²) in [6.45, 7) is 0. The quantitative estimate of drug-likeness (QED) is 0.784. The highest BCUT2D eigenvalue weighted by atomic mass is 16.5. The van der Waals surface area contributed by atoms with Crippen LogP contribution < -0.4 is 14.2 Å². The zero-order valence-corrected chi connectivity index (χ0v) is 13.2. The van der Waals surface area contributed by atoms with Crippen molar-refractivity contribution in [2.24, 2.45) is 0 Å². The highest BCUT2D eigenvalue weighted by molar-refractivity contribution is 5.80. The second-order valence-corrected chi connectivity index (χ2v) is 4.78. The summed E-state index contributed by atoms with van der Waals surface area (Å²) in [5.74, 6) is 1.73. The standard InChI is InChI=1S/C17H17N3O3/c1-21-13-8-12(9-14(22-2)17(13)23-3)16-15(19-10-20-16)11-4-6-18-7-5-11/h4-10H,1-3H3,(H,19,20). The third kappa shape index (κ3) is 2.70. The van der Waals surface area contributed by atoms with Gasteiger partial charge in [0, 0.05) is 23.5 Å². The van der Waals surface area contributed by atoms with Crippen LogP contribution in [-0.2, 0) is 0 Å². The number of imidazole rings is 1. The molecule has 0 fully saturated rings. The molecule has 0 saturated carbocycles. The molecule has 2 heterocycles. The van der Waals surface area contributed by atoms with Crippen LogP contribution >= 0.6 is 0 Å². The molecule has 0 atom stereocenters. The molecular formula is C17H17N3O3. The molecule has 6 nitrogen and oxygen atoms in total. The summed E-state index contributed by atoms with van der Waals surface area (Å²) in [5.41, 5.74) is 3.57. The topological polar surface area (TPSA) is 69.3 Å². The van der Waals surface area contributed by atoms with E-state index < -0.39 is 0 Å². The molecule has 0 amide bonds. The lowest BCUT2D eigenvalue weighted by atomic mass is 10.0. The van der Waals surface area contributed by atoms with E-state index in [1.54, 1.807) is 40.1 Å².